The van der Waals surface area contributed by atoms with Gasteiger partial charge in [0.15, 0.2) is 0 Å². The second-order valence-corrected chi connectivity index (χ2v) is 6.49. The maximum atomic E-state index is 5.66. The van der Waals surface area contributed by atoms with Gasteiger partial charge < -0.3 is 14.8 Å². The molecular formula is C15H32N2O2. The maximum absolute atomic E-state index is 5.66. The van der Waals surface area contributed by atoms with Crippen molar-refractivity contribution in [2.24, 2.45) is 5.41 Å². The van der Waals surface area contributed by atoms with E-state index in [-0.39, 0.29) is 0 Å². The van der Waals surface area contributed by atoms with Crippen molar-refractivity contribution in [3.05, 3.63) is 0 Å². The first-order chi connectivity index (χ1) is 9.04. The number of hydrogen-bond acceptors (Lipinski definition) is 4. The average Bonchev–Trinajstić information content (AvgIpc) is 2.58. The van der Waals surface area contributed by atoms with Crippen molar-refractivity contribution in [3.8, 4) is 0 Å². The first-order valence-electron chi connectivity index (χ1n) is 7.56. The van der Waals surface area contributed by atoms with Crippen molar-refractivity contribution in [2.45, 2.75) is 39.7 Å². The van der Waals surface area contributed by atoms with Crippen LogP contribution in [0.5, 0.6) is 0 Å². The normalized spacial score (nSPS) is 22.4. The fourth-order valence-electron chi connectivity index (χ4n) is 2.38. The van der Waals surface area contributed by atoms with Gasteiger partial charge in [-0.15, -0.1) is 0 Å². The van der Waals surface area contributed by atoms with Gasteiger partial charge in [-0.2, -0.15) is 0 Å². The van der Waals surface area contributed by atoms with E-state index in [2.05, 4.69) is 31.0 Å². The predicted octanol–water partition coefficient (Wildman–Crippen LogP) is 1.75. The van der Waals surface area contributed by atoms with Crippen molar-refractivity contribution in [3.63, 3.8) is 0 Å². The molecule has 0 saturated carbocycles. The van der Waals surface area contributed by atoms with Gasteiger partial charge in [0.05, 0.1) is 6.61 Å². The quantitative estimate of drug-likeness (QED) is 0.716. The second-order valence-electron chi connectivity index (χ2n) is 6.49. The molecule has 0 bridgehead atoms. The summed E-state index contributed by atoms with van der Waals surface area (Å²) in [6, 6.07) is 0.573. The van der Waals surface area contributed by atoms with Crippen LogP contribution in [0.2, 0.25) is 0 Å². The second kappa shape index (κ2) is 8.90. The smallest absolute Gasteiger partial charge is 0.0593 e. The summed E-state index contributed by atoms with van der Waals surface area (Å²) in [5.41, 5.74) is 0.321. The van der Waals surface area contributed by atoms with E-state index < -0.39 is 0 Å². The van der Waals surface area contributed by atoms with E-state index in [0.717, 1.165) is 45.9 Å². The van der Waals surface area contributed by atoms with Gasteiger partial charge in [-0.05, 0) is 31.3 Å². The van der Waals surface area contributed by atoms with Crippen LogP contribution in [0.25, 0.3) is 0 Å². The van der Waals surface area contributed by atoms with Crippen LogP contribution < -0.4 is 5.32 Å². The molecule has 1 heterocycles. The fourth-order valence-corrected chi connectivity index (χ4v) is 2.38. The molecule has 1 atom stereocenters. The van der Waals surface area contributed by atoms with Crippen LogP contribution in [0.15, 0.2) is 0 Å². The predicted molar refractivity (Wildman–Crippen MR) is 79.6 cm³/mol. The molecule has 1 aliphatic heterocycles. The molecule has 1 fully saturated rings. The molecule has 0 aliphatic carbocycles. The Morgan fingerprint density at radius 1 is 1.21 bits per heavy atom. The molecule has 0 spiro atoms. The van der Waals surface area contributed by atoms with E-state index in [1.54, 1.807) is 7.11 Å². The van der Waals surface area contributed by atoms with Crippen LogP contribution in [0, 0.1) is 5.41 Å². The Hall–Kier alpha value is -0.160. The molecule has 19 heavy (non-hydrogen) atoms. The van der Waals surface area contributed by atoms with Crippen LogP contribution in [0.1, 0.15) is 33.6 Å². The van der Waals surface area contributed by atoms with Gasteiger partial charge in [-0.25, -0.2) is 0 Å². The summed E-state index contributed by atoms with van der Waals surface area (Å²) in [5.74, 6) is 0. The Morgan fingerprint density at radius 2 is 2.00 bits per heavy atom. The highest BCUT2D eigenvalue weighted by Gasteiger charge is 2.27. The van der Waals surface area contributed by atoms with Crippen LogP contribution >= 0.6 is 0 Å². The van der Waals surface area contributed by atoms with E-state index >= 15 is 0 Å². The third kappa shape index (κ3) is 7.25. The molecule has 1 N–H and O–H groups in total. The number of methoxy groups -OCH3 is 1. The van der Waals surface area contributed by atoms with Gasteiger partial charge in [-0.3, -0.25) is 4.90 Å². The summed E-state index contributed by atoms with van der Waals surface area (Å²) < 4.78 is 10.7. The van der Waals surface area contributed by atoms with Gasteiger partial charge in [0.25, 0.3) is 0 Å². The molecule has 0 amide bonds. The molecule has 0 aromatic rings. The molecule has 1 aliphatic rings. The Kier molecular flexibility index (Phi) is 7.91. The minimum absolute atomic E-state index is 0.321. The van der Waals surface area contributed by atoms with E-state index in [4.69, 9.17) is 9.47 Å². The van der Waals surface area contributed by atoms with E-state index in [9.17, 15) is 0 Å². The highest BCUT2D eigenvalue weighted by atomic mass is 16.5. The molecular weight excluding hydrogens is 240 g/mol. The zero-order valence-electron chi connectivity index (χ0n) is 13.2. The fraction of sp³-hybridized carbons (Fsp3) is 1.00. The number of nitrogens with one attached hydrogen (secondary N) is 1. The summed E-state index contributed by atoms with van der Waals surface area (Å²) in [4.78, 5) is 2.53. The van der Waals surface area contributed by atoms with Gasteiger partial charge in [0, 0.05) is 39.5 Å². The van der Waals surface area contributed by atoms with Crippen molar-refractivity contribution in [1.29, 1.82) is 0 Å². The van der Waals surface area contributed by atoms with E-state index in [0.29, 0.717) is 11.5 Å². The minimum Gasteiger partial charge on any atom is -0.385 e. The van der Waals surface area contributed by atoms with E-state index in [1.807, 2.05) is 0 Å². The third-order valence-corrected chi connectivity index (χ3v) is 3.72. The highest BCUT2D eigenvalue weighted by molar-refractivity contribution is 4.85. The lowest BCUT2D eigenvalue weighted by Crippen LogP contribution is -2.46. The van der Waals surface area contributed by atoms with Crippen LogP contribution in [0.4, 0.5) is 0 Å². The average molecular weight is 272 g/mol. The molecule has 4 nitrogen and oxygen atoms in total. The summed E-state index contributed by atoms with van der Waals surface area (Å²) in [5, 5.41) is 3.67. The molecule has 1 saturated heterocycles. The summed E-state index contributed by atoms with van der Waals surface area (Å²) in [6.45, 7) is 13.9. The van der Waals surface area contributed by atoms with Gasteiger partial charge in [0.2, 0.25) is 0 Å². The standard InChI is InChI=1S/C15H32N2O2/c1-15(2,3)14-13-17(8-5-7-16-14)9-12-19-11-6-10-18-4/h14,16H,5-13H2,1-4H3. The Labute approximate surface area is 118 Å². The molecule has 0 radical (unpaired) electrons. The highest BCUT2D eigenvalue weighted by Crippen LogP contribution is 2.21. The summed E-state index contributed by atoms with van der Waals surface area (Å²) in [6.07, 6.45) is 2.22. The third-order valence-electron chi connectivity index (χ3n) is 3.72. The van der Waals surface area contributed by atoms with Crippen molar-refractivity contribution >= 4 is 0 Å². The Bertz CT molecular complexity index is 229. The lowest BCUT2D eigenvalue weighted by Gasteiger charge is -2.33. The van der Waals surface area contributed by atoms with Crippen molar-refractivity contribution in [1.82, 2.24) is 10.2 Å². The number of hydrogen-bond donors (Lipinski definition) is 1. The summed E-state index contributed by atoms with van der Waals surface area (Å²) in [7, 11) is 1.73. The van der Waals surface area contributed by atoms with Crippen LogP contribution in [-0.4, -0.2) is 64.1 Å². The van der Waals surface area contributed by atoms with Crippen molar-refractivity contribution in [2.75, 3.05) is 53.1 Å². The molecule has 0 aromatic heterocycles. The van der Waals surface area contributed by atoms with Crippen LogP contribution in [0.3, 0.4) is 0 Å². The number of nitrogens with zero attached hydrogens (tertiary/aromatic N) is 1. The number of rotatable bonds is 7. The lowest BCUT2D eigenvalue weighted by atomic mass is 9.86. The zero-order valence-corrected chi connectivity index (χ0v) is 13.2. The van der Waals surface area contributed by atoms with E-state index in [1.165, 1.54) is 13.0 Å². The SMILES string of the molecule is COCCCOCCN1CCCNC(C(C)(C)C)C1. The van der Waals surface area contributed by atoms with Gasteiger partial charge in [0.1, 0.15) is 0 Å². The maximum Gasteiger partial charge on any atom is 0.0593 e. The number of ether oxygens (including phenoxy) is 2. The topological polar surface area (TPSA) is 33.7 Å². The molecule has 0 aromatic carbocycles. The Morgan fingerprint density at radius 3 is 2.68 bits per heavy atom. The molecule has 114 valence electrons. The van der Waals surface area contributed by atoms with Gasteiger partial charge in [-0.1, -0.05) is 20.8 Å². The minimum atomic E-state index is 0.321. The van der Waals surface area contributed by atoms with Crippen molar-refractivity contribution < 1.29 is 9.47 Å². The molecule has 1 unspecified atom stereocenters. The monoisotopic (exact) mass is 272 g/mol. The molecule has 4 heteroatoms. The summed E-state index contributed by atoms with van der Waals surface area (Å²) >= 11 is 0. The lowest BCUT2D eigenvalue weighted by molar-refractivity contribution is 0.0796. The van der Waals surface area contributed by atoms with Crippen LogP contribution in [-0.2, 0) is 9.47 Å². The van der Waals surface area contributed by atoms with Gasteiger partial charge >= 0.3 is 0 Å². The first-order valence-corrected chi connectivity index (χ1v) is 7.56. The Balaban J connectivity index is 2.20. The largest absolute Gasteiger partial charge is 0.385 e. The molecule has 1 rings (SSSR count). The zero-order chi connectivity index (χ0) is 14.1. The first kappa shape index (κ1) is 16.9.